The Bertz CT molecular complexity index is 924. The van der Waals surface area contributed by atoms with Crippen molar-refractivity contribution in [2.24, 2.45) is 11.8 Å². The molecule has 0 aliphatic carbocycles. The summed E-state index contributed by atoms with van der Waals surface area (Å²) in [5, 5.41) is 11.4. The Kier molecular flexibility index (Phi) is 8.30. The summed E-state index contributed by atoms with van der Waals surface area (Å²) in [6, 6.07) is 3.04. The summed E-state index contributed by atoms with van der Waals surface area (Å²) in [6.45, 7) is 2.65. The normalized spacial score (nSPS) is 18.8. The molecule has 2 aliphatic heterocycles. The summed E-state index contributed by atoms with van der Waals surface area (Å²) in [4.78, 5) is 28.7. The maximum absolute atomic E-state index is 13.0. The number of carbonyl (C=O) groups excluding carboxylic acids is 2. The van der Waals surface area contributed by atoms with E-state index in [0.29, 0.717) is 51.2 Å². The maximum atomic E-state index is 13.0. The SMILES string of the molecule is N#CC1CCN(CC(=O)N2CCC(CNC(=O)c3cc(C(F)(F)F)cc(C(F)(F)F)c3)CC2)CC1. The van der Waals surface area contributed by atoms with Gasteiger partial charge in [-0.15, -0.1) is 0 Å². The van der Waals surface area contributed by atoms with Crippen LogP contribution in [-0.4, -0.2) is 60.9 Å². The van der Waals surface area contributed by atoms with Crippen LogP contribution in [0.15, 0.2) is 18.2 Å². The summed E-state index contributed by atoms with van der Waals surface area (Å²) in [5.74, 6) is -1.06. The van der Waals surface area contributed by atoms with Gasteiger partial charge in [0.2, 0.25) is 5.91 Å². The Balaban J connectivity index is 1.50. The maximum Gasteiger partial charge on any atom is 0.416 e. The van der Waals surface area contributed by atoms with Gasteiger partial charge in [-0.25, -0.2) is 0 Å². The molecule has 12 heteroatoms. The predicted octanol–water partition coefficient (Wildman–Crippen LogP) is 3.93. The van der Waals surface area contributed by atoms with Crippen LogP contribution >= 0.6 is 0 Å². The molecule has 1 aromatic rings. The van der Waals surface area contributed by atoms with E-state index in [0.717, 1.165) is 12.8 Å². The number of carbonyl (C=O) groups is 2. The van der Waals surface area contributed by atoms with Crippen molar-refractivity contribution in [1.82, 2.24) is 15.1 Å². The lowest BCUT2D eigenvalue weighted by molar-refractivity contribution is -0.143. The molecular weight excluding hydrogens is 478 g/mol. The van der Waals surface area contributed by atoms with E-state index < -0.39 is 35.0 Å². The Hall–Kier alpha value is -2.81. The molecule has 0 aromatic heterocycles. The molecule has 0 radical (unpaired) electrons. The van der Waals surface area contributed by atoms with Crippen LogP contribution in [0.3, 0.4) is 0 Å². The molecule has 192 valence electrons. The molecule has 0 bridgehead atoms. The monoisotopic (exact) mass is 504 g/mol. The first-order valence-corrected chi connectivity index (χ1v) is 11.3. The number of piperidine rings is 2. The molecule has 2 amide bonds. The second-order valence-corrected chi connectivity index (χ2v) is 9.01. The molecule has 0 unspecified atom stereocenters. The van der Waals surface area contributed by atoms with Gasteiger partial charge >= 0.3 is 12.4 Å². The van der Waals surface area contributed by atoms with Crippen LogP contribution in [0.2, 0.25) is 0 Å². The Labute approximate surface area is 198 Å². The molecule has 0 atom stereocenters. The molecule has 2 aliphatic rings. The summed E-state index contributed by atoms with van der Waals surface area (Å²) in [5.41, 5.74) is -3.79. The van der Waals surface area contributed by atoms with Crippen LogP contribution in [0.1, 0.15) is 47.2 Å². The highest BCUT2D eigenvalue weighted by Crippen LogP contribution is 2.36. The first-order chi connectivity index (χ1) is 16.4. The van der Waals surface area contributed by atoms with Crippen LogP contribution in [0.4, 0.5) is 26.3 Å². The fourth-order valence-corrected chi connectivity index (χ4v) is 4.32. The number of alkyl halides is 6. The standard InChI is InChI=1S/C23H26F6N4O2/c24-22(25,26)18-9-17(10-19(11-18)23(27,28)29)21(35)31-13-16-3-7-33(8-4-16)20(34)14-32-5-1-15(12-30)2-6-32/h9-11,15-16H,1-8,13-14H2,(H,31,35). The van der Waals surface area contributed by atoms with E-state index in [4.69, 9.17) is 5.26 Å². The van der Waals surface area contributed by atoms with Crippen molar-refractivity contribution in [2.75, 3.05) is 39.3 Å². The smallest absolute Gasteiger partial charge is 0.352 e. The Morgan fingerprint density at radius 1 is 0.914 bits per heavy atom. The number of nitriles is 1. The lowest BCUT2D eigenvalue weighted by atomic mass is 9.96. The van der Waals surface area contributed by atoms with Crippen molar-refractivity contribution >= 4 is 11.8 Å². The summed E-state index contributed by atoms with van der Waals surface area (Å²) in [7, 11) is 0. The lowest BCUT2D eigenvalue weighted by Crippen LogP contribution is -2.47. The van der Waals surface area contributed by atoms with Gasteiger partial charge in [0.05, 0.1) is 23.7 Å². The Morgan fingerprint density at radius 2 is 1.46 bits per heavy atom. The number of hydrogen-bond donors (Lipinski definition) is 1. The molecule has 1 N–H and O–H groups in total. The number of likely N-dealkylation sites (tertiary alicyclic amines) is 2. The van der Waals surface area contributed by atoms with Gasteiger partial charge in [0, 0.05) is 31.1 Å². The minimum absolute atomic E-state index is 0.0186. The zero-order chi connectivity index (χ0) is 25.8. The fraction of sp³-hybridized carbons (Fsp3) is 0.609. The average Bonchev–Trinajstić information content (AvgIpc) is 2.82. The number of nitrogens with one attached hydrogen (secondary N) is 1. The molecule has 2 saturated heterocycles. The average molecular weight is 504 g/mol. The first kappa shape index (κ1) is 26.8. The third-order valence-corrected chi connectivity index (χ3v) is 6.50. The van der Waals surface area contributed by atoms with Crippen molar-refractivity contribution in [1.29, 1.82) is 5.26 Å². The molecule has 6 nitrogen and oxygen atoms in total. The van der Waals surface area contributed by atoms with Crippen LogP contribution < -0.4 is 5.32 Å². The van der Waals surface area contributed by atoms with E-state index >= 15 is 0 Å². The number of benzene rings is 1. The van der Waals surface area contributed by atoms with Gasteiger partial charge in [-0.1, -0.05) is 0 Å². The minimum Gasteiger partial charge on any atom is -0.352 e. The van der Waals surface area contributed by atoms with Crippen LogP contribution in [0.25, 0.3) is 0 Å². The van der Waals surface area contributed by atoms with Crippen LogP contribution in [0.5, 0.6) is 0 Å². The van der Waals surface area contributed by atoms with E-state index in [9.17, 15) is 35.9 Å². The highest BCUT2D eigenvalue weighted by Gasteiger charge is 2.37. The quantitative estimate of drug-likeness (QED) is 0.617. The third kappa shape index (κ3) is 7.34. The van der Waals surface area contributed by atoms with Gasteiger partial charge in [-0.05, 0) is 62.9 Å². The number of rotatable bonds is 5. The highest BCUT2D eigenvalue weighted by atomic mass is 19.4. The summed E-state index contributed by atoms with van der Waals surface area (Å²) < 4.78 is 78.1. The second kappa shape index (κ2) is 10.8. The molecule has 0 saturated carbocycles. The summed E-state index contributed by atoms with van der Waals surface area (Å²) >= 11 is 0. The van der Waals surface area contributed by atoms with Gasteiger partial charge in [0.1, 0.15) is 0 Å². The van der Waals surface area contributed by atoms with E-state index in [2.05, 4.69) is 11.4 Å². The van der Waals surface area contributed by atoms with E-state index in [1.807, 2.05) is 4.90 Å². The molecule has 1 aromatic carbocycles. The fourth-order valence-electron chi connectivity index (χ4n) is 4.32. The lowest BCUT2D eigenvalue weighted by Gasteiger charge is -2.35. The third-order valence-electron chi connectivity index (χ3n) is 6.50. The molecule has 2 fully saturated rings. The van der Waals surface area contributed by atoms with Gasteiger partial charge in [-0.3, -0.25) is 14.5 Å². The summed E-state index contributed by atoms with van der Waals surface area (Å²) in [6.07, 6.45) is -7.47. The predicted molar refractivity (Wildman–Crippen MR) is 113 cm³/mol. The number of halogens is 6. The van der Waals surface area contributed by atoms with Crippen LogP contribution in [-0.2, 0) is 17.1 Å². The van der Waals surface area contributed by atoms with Gasteiger partial charge in [0.25, 0.3) is 5.91 Å². The van der Waals surface area contributed by atoms with Crippen molar-refractivity contribution < 1.29 is 35.9 Å². The van der Waals surface area contributed by atoms with E-state index in [1.54, 1.807) is 4.90 Å². The van der Waals surface area contributed by atoms with Crippen molar-refractivity contribution in [3.8, 4) is 6.07 Å². The van der Waals surface area contributed by atoms with Gasteiger partial charge in [-0.2, -0.15) is 31.6 Å². The number of nitrogens with zero attached hydrogens (tertiary/aromatic N) is 3. The Morgan fingerprint density at radius 3 is 1.94 bits per heavy atom. The number of hydrogen-bond acceptors (Lipinski definition) is 4. The zero-order valence-corrected chi connectivity index (χ0v) is 18.9. The molecule has 2 heterocycles. The van der Waals surface area contributed by atoms with Crippen molar-refractivity contribution in [3.05, 3.63) is 34.9 Å². The molecule has 0 spiro atoms. The minimum atomic E-state index is -5.03. The zero-order valence-electron chi connectivity index (χ0n) is 18.9. The highest BCUT2D eigenvalue weighted by molar-refractivity contribution is 5.94. The van der Waals surface area contributed by atoms with Gasteiger partial charge in [0.15, 0.2) is 0 Å². The molecule has 35 heavy (non-hydrogen) atoms. The second-order valence-electron chi connectivity index (χ2n) is 9.01. The van der Waals surface area contributed by atoms with Crippen molar-refractivity contribution in [2.45, 2.75) is 38.0 Å². The molecular formula is C23H26F6N4O2. The van der Waals surface area contributed by atoms with Crippen LogP contribution in [0, 0.1) is 23.2 Å². The van der Waals surface area contributed by atoms with Crippen molar-refractivity contribution in [3.63, 3.8) is 0 Å². The van der Waals surface area contributed by atoms with E-state index in [1.165, 1.54) is 0 Å². The first-order valence-electron chi connectivity index (χ1n) is 11.3. The molecule has 3 rings (SSSR count). The largest absolute Gasteiger partial charge is 0.416 e. The number of amides is 2. The van der Waals surface area contributed by atoms with Gasteiger partial charge < -0.3 is 10.2 Å². The van der Waals surface area contributed by atoms with E-state index in [-0.39, 0.29) is 36.9 Å². The topological polar surface area (TPSA) is 76.4 Å².